The zero-order valence-corrected chi connectivity index (χ0v) is 13.5. The SMILES string of the molecule is CCNc1nc(NCC)nc(N/N=C\c2ccc(OC)cc2)n1. The summed E-state index contributed by atoms with van der Waals surface area (Å²) in [6, 6.07) is 7.56. The molecular weight excluding hydrogens is 294 g/mol. The first-order valence-corrected chi connectivity index (χ1v) is 7.42. The molecule has 3 N–H and O–H groups in total. The van der Waals surface area contributed by atoms with Crippen molar-refractivity contribution in [1.82, 2.24) is 15.0 Å². The fourth-order valence-corrected chi connectivity index (χ4v) is 1.75. The van der Waals surface area contributed by atoms with E-state index in [4.69, 9.17) is 4.74 Å². The second-order valence-corrected chi connectivity index (χ2v) is 4.51. The summed E-state index contributed by atoms with van der Waals surface area (Å²) in [7, 11) is 1.63. The van der Waals surface area contributed by atoms with Crippen molar-refractivity contribution in [2.45, 2.75) is 13.8 Å². The molecule has 23 heavy (non-hydrogen) atoms. The summed E-state index contributed by atoms with van der Waals surface area (Å²) in [5.41, 5.74) is 3.75. The number of anilines is 3. The Bertz CT molecular complexity index is 619. The summed E-state index contributed by atoms with van der Waals surface area (Å²) in [6.45, 7) is 5.41. The normalized spacial score (nSPS) is 10.6. The smallest absolute Gasteiger partial charge is 0.250 e. The highest BCUT2D eigenvalue weighted by Gasteiger charge is 2.04. The van der Waals surface area contributed by atoms with E-state index in [2.05, 4.69) is 36.1 Å². The Morgan fingerprint density at radius 1 is 0.957 bits per heavy atom. The highest BCUT2D eigenvalue weighted by Crippen LogP contribution is 2.11. The fourth-order valence-electron chi connectivity index (χ4n) is 1.75. The Hall–Kier alpha value is -2.90. The quantitative estimate of drug-likeness (QED) is 0.507. The lowest BCUT2D eigenvalue weighted by atomic mass is 10.2. The molecule has 1 heterocycles. The van der Waals surface area contributed by atoms with E-state index in [9.17, 15) is 0 Å². The molecule has 0 aliphatic heterocycles. The molecule has 0 unspecified atom stereocenters. The molecule has 0 atom stereocenters. The van der Waals surface area contributed by atoms with E-state index >= 15 is 0 Å². The maximum Gasteiger partial charge on any atom is 0.250 e. The van der Waals surface area contributed by atoms with Crippen LogP contribution >= 0.6 is 0 Å². The van der Waals surface area contributed by atoms with E-state index in [-0.39, 0.29) is 0 Å². The monoisotopic (exact) mass is 315 g/mol. The largest absolute Gasteiger partial charge is 0.497 e. The number of nitrogens with zero attached hydrogens (tertiary/aromatic N) is 4. The second-order valence-electron chi connectivity index (χ2n) is 4.51. The van der Waals surface area contributed by atoms with Crippen LogP contribution in [0.1, 0.15) is 19.4 Å². The second kappa shape index (κ2) is 8.52. The Morgan fingerprint density at radius 2 is 1.52 bits per heavy atom. The molecule has 0 saturated carbocycles. The average Bonchev–Trinajstić information content (AvgIpc) is 2.56. The van der Waals surface area contributed by atoms with Gasteiger partial charge in [-0.15, -0.1) is 0 Å². The molecule has 0 spiro atoms. The lowest BCUT2D eigenvalue weighted by Gasteiger charge is -2.07. The van der Waals surface area contributed by atoms with Crippen molar-refractivity contribution in [2.75, 3.05) is 36.3 Å². The Kier molecular flexibility index (Phi) is 6.10. The number of hydrogen-bond acceptors (Lipinski definition) is 8. The van der Waals surface area contributed by atoms with Crippen LogP contribution in [0.2, 0.25) is 0 Å². The molecule has 2 aromatic rings. The maximum absolute atomic E-state index is 5.11. The number of rotatable bonds is 8. The summed E-state index contributed by atoms with van der Waals surface area (Å²) in [5.74, 6) is 2.18. The van der Waals surface area contributed by atoms with Gasteiger partial charge < -0.3 is 15.4 Å². The van der Waals surface area contributed by atoms with E-state index in [1.165, 1.54) is 0 Å². The molecule has 0 saturated heterocycles. The van der Waals surface area contributed by atoms with Gasteiger partial charge in [0.2, 0.25) is 17.8 Å². The van der Waals surface area contributed by atoms with Gasteiger partial charge >= 0.3 is 0 Å². The minimum atomic E-state index is 0.372. The molecule has 8 heteroatoms. The molecule has 2 rings (SSSR count). The standard InChI is InChI=1S/C15H21N7O/c1-4-16-13-19-14(17-5-2)21-15(20-13)22-18-10-11-6-8-12(23-3)9-7-11/h6-10H,4-5H2,1-3H3,(H3,16,17,19,20,21,22)/b18-10-. The van der Waals surface area contributed by atoms with Crippen LogP contribution in [0.15, 0.2) is 29.4 Å². The summed E-state index contributed by atoms with van der Waals surface area (Å²) in [4.78, 5) is 12.7. The van der Waals surface area contributed by atoms with Crippen LogP contribution in [0.4, 0.5) is 17.8 Å². The van der Waals surface area contributed by atoms with E-state index in [0.717, 1.165) is 24.4 Å². The van der Waals surface area contributed by atoms with Gasteiger partial charge in [0.15, 0.2) is 0 Å². The van der Waals surface area contributed by atoms with Gasteiger partial charge in [0.05, 0.1) is 13.3 Å². The number of benzene rings is 1. The minimum absolute atomic E-state index is 0.372. The molecule has 0 radical (unpaired) electrons. The van der Waals surface area contributed by atoms with Crippen molar-refractivity contribution in [3.63, 3.8) is 0 Å². The van der Waals surface area contributed by atoms with Gasteiger partial charge in [0.25, 0.3) is 0 Å². The molecule has 0 amide bonds. The Balaban J connectivity index is 2.06. The third-order valence-corrected chi connectivity index (χ3v) is 2.80. The zero-order valence-electron chi connectivity index (χ0n) is 13.5. The van der Waals surface area contributed by atoms with E-state index in [1.54, 1.807) is 13.3 Å². The first-order valence-electron chi connectivity index (χ1n) is 7.42. The molecule has 0 fully saturated rings. The van der Waals surface area contributed by atoms with E-state index in [1.807, 2.05) is 38.1 Å². The van der Waals surface area contributed by atoms with Crippen LogP contribution in [0.3, 0.4) is 0 Å². The van der Waals surface area contributed by atoms with Gasteiger partial charge in [0, 0.05) is 13.1 Å². The van der Waals surface area contributed by atoms with Gasteiger partial charge in [-0.25, -0.2) is 5.43 Å². The number of ether oxygens (including phenoxy) is 1. The summed E-state index contributed by atoms with van der Waals surface area (Å²) in [6.07, 6.45) is 1.68. The predicted octanol–water partition coefficient (Wildman–Crippen LogP) is 2.19. The number of hydrazone groups is 1. The summed E-state index contributed by atoms with van der Waals surface area (Å²) in [5, 5.41) is 10.3. The van der Waals surface area contributed by atoms with Crippen LogP contribution in [0.5, 0.6) is 5.75 Å². The summed E-state index contributed by atoms with van der Waals surface area (Å²) >= 11 is 0. The van der Waals surface area contributed by atoms with Crippen LogP contribution in [0, 0.1) is 0 Å². The predicted molar refractivity (Wildman–Crippen MR) is 92.4 cm³/mol. The van der Waals surface area contributed by atoms with Crippen LogP contribution in [-0.4, -0.2) is 41.4 Å². The van der Waals surface area contributed by atoms with E-state index in [0.29, 0.717) is 17.8 Å². The summed E-state index contributed by atoms with van der Waals surface area (Å²) < 4.78 is 5.11. The van der Waals surface area contributed by atoms with Crippen molar-refractivity contribution in [3.8, 4) is 5.75 Å². The third-order valence-electron chi connectivity index (χ3n) is 2.80. The van der Waals surface area contributed by atoms with Gasteiger partial charge in [-0.3, -0.25) is 0 Å². The molecule has 122 valence electrons. The van der Waals surface area contributed by atoms with Crippen LogP contribution in [-0.2, 0) is 0 Å². The third kappa shape index (κ3) is 5.10. The highest BCUT2D eigenvalue weighted by atomic mass is 16.5. The molecular formula is C15H21N7O. The van der Waals surface area contributed by atoms with Gasteiger partial charge in [-0.2, -0.15) is 20.1 Å². The lowest BCUT2D eigenvalue weighted by molar-refractivity contribution is 0.415. The van der Waals surface area contributed by atoms with Crippen molar-refractivity contribution >= 4 is 24.1 Å². The number of nitrogens with one attached hydrogen (secondary N) is 3. The molecule has 0 aliphatic rings. The maximum atomic E-state index is 5.11. The molecule has 1 aromatic carbocycles. The topological polar surface area (TPSA) is 96.4 Å². The van der Waals surface area contributed by atoms with Crippen molar-refractivity contribution in [3.05, 3.63) is 29.8 Å². The first kappa shape index (κ1) is 16.5. The number of hydrogen-bond donors (Lipinski definition) is 3. The van der Waals surface area contributed by atoms with Crippen LogP contribution < -0.4 is 20.8 Å². The Morgan fingerprint density at radius 3 is 2.04 bits per heavy atom. The van der Waals surface area contributed by atoms with Gasteiger partial charge in [-0.1, -0.05) is 0 Å². The van der Waals surface area contributed by atoms with Crippen molar-refractivity contribution in [2.24, 2.45) is 5.10 Å². The van der Waals surface area contributed by atoms with E-state index < -0.39 is 0 Å². The minimum Gasteiger partial charge on any atom is -0.497 e. The van der Waals surface area contributed by atoms with Crippen molar-refractivity contribution in [1.29, 1.82) is 0 Å². The number of aromatic nitrogens is 3. The molecule has 0 aliphatic carbocycles. The zero-order chi connectivity index (χ0) is 16.5. The highest BCUT2D eigenvalue weighted by molar-refractivity contribution is 5.80. The van der Waals surface area contributed by atoms with Gasteiger partial charge in [-0.05, 0) is 43.7 Å². The average molecular weight is 315 g/mol. The van der Waals surface area contributed by atoms with Crippen molar-refractivity contribution < 1.29 is 4.74 Å². The van der Waals surface area contributed by atoms with Crippen LogP contribution in [0.25, 0.3) is 0 Å². The lowest BCUT2D eigenvalue weighted by Crippen LogP contribution is -2.10. The molecule has 8 nitrogen and oxygen atoms in total. The Labute approximate surface area is 135 Å². The molecule has 1 aromatic heterocycles. The first-order chi connectivity index (χ1) is 11.2. The molecule has 0 bridgehead atoms. The number of methoxy groups -OCH3 is 1. The van der Waals surface area contributed by atoms with Gasteiger partial charge in [0.1, 0.15) is 5.75 Å². The fraction of sp³-hybridized carbons (Fsp3) is 0.333.